The Bertz CT molecular complexity index is 3400. The highest BCUT2D eigenvalue weighted by Gasteiger charge is 2.29. The van der Waals surface area contributed by atoms with Crippen LogP contribution in [0.1, 0.15) is 26.3 Å². The molecule has 0 spiro atoms. The first-order valence-electron chi connectivity index (χ1n) is 22.6. The van der Waals surface area contributed by atoms with Crippen LogP contribution in [-0.4, -0.2) is 119 Å². The quantitative estimate of drug-likeness (QED) is 0.157. The third kappa shape index (κ3) is 5.90. The van der Waals surface area contributed by atoms with Crippen LogP contribution in [0, 0.1) is 0 Å². The molecule has 0 aliphatic rings. The molecular weight excluding hydrogens is 732 g/mol. The van der Waals surface area contributed by atoms with Crippen LogP contribution in [0.5, 0.6) is 0 Å². The van der Waals surface area contributed by atoms with Gasteiger partial charge in [0.1, 0.15) is 110 Å². The lowest BCUT2D eigenvalue weighted by molar-refractivity contribution is 0.590. The van der Waals surface area contributed by atoms with Gasteiger partial charge >= 0.3 is 0 Å². The van der Waals surface area contributed by atoms with Crippen LogP contribution in [0.3, 0.4) is 0 Å². The maximum atomic E-state index is 2.60. The van der Waals surface area contributed by atoms with E-state index in [0.717, 1.165) is 0 Å². The second-order valence-corrected chi connectivity index (χ2v) is 19.8. The molecule has 286 valence electrons. The largest absolute Gasteiger partial charge is 0.310 e. The minimum atomic E-state index is 0.127. The molecule has 7 aromatic carbocycles. The van der Waals surface area contributed by atoms with E-state index in [1.807, 2.05) is 0 Å². The molecule has 9 rings (SSSR count). The summed E-state index contributed by atoms with van der Waals surface area (Å²) in [7, 11) is 32.9. The van der Waals surface area contributed by atoms with E-state index < -0.39 is 0 Å². The van der Waals surface area contributed by atoms with Crippen molar-refractivity contribution in [2.45, 2.75) is 26.2 Å². The SMILES string of the molecule is Bc1c(B)c(B)c2c(c1B)c1c(B)c(-c3c(B)c(B)c4c(c3B)c3c(B)c(B)c(B)c(B)c3n4-c3ccc(-c4ccc(C(C)(C)C)cc4)cc3)c(B)c(B)c1n2-c1ccccc1. The van der Waals surface area contributed by atoms with E-state index in [-0.39, 0.29) is 5.41 Å². The monoisotopic (exact) mass is 785 g/mol. The summed E-state index contributed by atoms with van der Waals surface area (Å²) in [5.74, 6) is 0. The van der Waals surface area contributed by atoms with Crippen LogP contribution in [0.15, 0.2) is 78.9 Å². The fraction of sp³-hybridized carbons (Fsp3) is 0.0870. The average molecular weight is 782 g/mol. The molecule has 2 nitrogen and oxygen atoms in total. The van der Waals surface area contributed by atoms with E-state index >= 15 is 0 Å². The van der Waals surface area contributed by atoms with Gasteiger partial charge in [-0.2, -0.15) is 0 Å². The third-order valence-electron chi connectivity index (χ3n) is 15.7. The van der Waals surface area contributed by atoms with Crippen LogP contribution >= 0.6 is 0 Å². The molecule has 0 saturated carbocycles. The lowest BCUT2D eigenvalue weighted by Crippen LogP contribution is -2.48. The van der Waals surface area contributed by atoms with Crippen molar-refractivity contribution >= 4 is 230 Å². The molecule has 0 radical (unpaired) electrons. The van der Waals surface area contributed by atoms with Crippen molar-refractivity contribution in [3.05, 3.63) is 84.4 Å². The van der Waals surface area contributed by atoms with Gasteiger partial charge in [0.15, 0.2) is 0 Å². The maximum Gasteiger partial charge on any atom is 0.141 e. The summed E-state index contributed by atoms with van der Waals surface area (Å²) in [6, 6.07) is 29.5. The van der Waals surface area contributed by atoms with Gasteiger partial charge in [0.25, 0.3) is 0 Å². The van der Waals surface area contributed by atoms with Crippen molar-refractivity contribution in [3.63, 3.8) is 0 Å². The molecule has 0 unspecified atom stereocenters. The molecule has 0 N–H and O–H groups in total. The van der Waals surface area contributed by atoms with Crippen molar-refractivity contribution in [1.82, 2.24) is 9.13 Å². The summed E-state index contributed by atoms with van der Waals surface area (Å²) >= 11 is 0. The molecule has 62 heavy (non-hydrogen) atoms. The minimum absolute atomic E-state index is 0.127. The van der Waals surface area contributed by atoms with Gasteiger partial charge in [0, 0.05) is 44.2 Å². The van der Waals surface area contributed by atoms with Crippen molar-refractivity contribution in [1.29, 1.82) is 0 Å². The number of aromatic nitrogens is 2. The fourth-order valence-electron chi connectivity index (χ4n) is 11.2. The number of hydrogen-bond donors (Lipinski definition) is 0. The first-order chi connectivity index (χ1) is 29.3. The smallest absolute Gasteiger partial charge is 0.141 e. The van der Waals surface area contributed by atoms with Gasteiger partial charge in [-0.3, -0.25) is 0 Å². The van der Waals surface area contributed by atoms with Gasteiger partial charge in [-0.25, -0.2) is 0 Å². The topological polar surface area (TPSA) is 9.86 Å². The zero-order valence-corrected chi connectivity index (χ0v) is 40.4. The molecular formula is C46H50B14N2. The number of hydrogen-bond acceptors (Lipinski definition) is 0. The summed E-state index contributed by atoms with van der Waals surface area (Å²) in [5, 5.41) is 5.54. The zero-order valence-electron chi connectivity index (χ0n) is 40.4. The van der Waals surface area contributed by atoms with Crippen molar-refractivity contribution in [2.24, 2.45) is 0 Å². The van der Waals surface area contributed by atoms with Gasteiger partial charge in [-0.15, -0.1) is 10.9 Å². The molecule has 0 fully saturated rings. The lowest BCUT2D eigenvalue weighted by atomic mass is 9.61. The van der Waals surface area contributed by atoms with E-state index in [9.17, 15) is 0 Å². The summed E-state index contributed by atoms with van der Waals surface area (Å²) in [4.78, 5) is 0. The summed E-state index contributed by atoms with van der Waals surface area (Å²) in [6.45, 7) is 6.84. The van der Waals surface area contributed by atoms with E-state index in [1.54, 1.807) is 0 Å². The van der Waals surface area contributed by atoms with Crippen molar-refractivity contribution < 1.29 is 0 Å². The second-order valence-electron chi connectivity index (χ2n) is 19.8. The van der Waals surface area contributed by atoms with Crippen LogP contribution in [-0.2, 0) is 5.41 Å². The van der Waals surface area contributed by atoms with Crippen LogP contribution in [0.25, 0.3) is 77.2 Å². The molecule has 0 saturated heterocycles. The van der Waals surface area contributed by atoms with Crippen LogP contribution < -0.4 is 76.5 Å². The fourth-order valence-corrected chi connectivity index (χ4v) is 11.2. The number of para-hydroxylation sites is 1. The molecule has 0 amide bonds. The lowest BCUT2D eigenvalue weighted by Gasteiger charge is -2.24. The van der Waals surface area contributed by atoms with E-state index in [2.05, 4.69) is 219 Å². The summed E-state index contributed by atoms with van der Waals surface area (Å²) in [6.07, 6.45) is 0. The van der Waals surface area contributed by atoms with E-state index in [4.69, 9.17) is 0 Å². The summed E-state index contributed by atoms with van der Waals surface area (Å²) in [5.41, 5.74) is 33.6. The molecule has 0 bridgehead atoms. The average Bonchev–Trinajstić information content (AvgIpc) is 3.82. The third-order valence-corrected chi connectivity index (χ3v) is 15.7. The Morgan fingerprint density at radius 2 is 0.613 bits per heavy atom. The highest BCUT2D eigenvalue weighted by Crippen LogP contribution is 2.33. The van der Waals surface area contributed by atoms with Crippen molar-refractivity contribution in [3.8, 4) is 33.6 Å². The predicted octanol–water partition coefficient (Wildman–Crippen LogP) is -11.9. The standard InChI is InChI=1S/C46H50B14N2/c1-46(2,3)19-13-9-17(10-14-19)18-11-15-21(16-12-18)62-43-25(27-33(52)35(54)37(56)41(60)45(27)62)29(48)23(31(50)39(43)58)22-28(47)24-26-32(51)34(53)36(55)40(59)44(26)61(20-7-5-4-6-8-20)42(24)38(57)30(22)49/h4-16H,47-60H2,1-3H3. The Balaban J connectivity index is 1.38. The Morgan fingerprint density at radius 1 is 0.306 bits per heavy atom. The molecule has 0 atom stereocenters. The summed E-state index contributed by atoms with van der Waals surface area (Å²) < 4.78 is 5.17. The first-order valence-corrected chi connectivity index (χ1v) is 22.6. The van der Waals surface area contributed by atoms with Crippen LogP contribution in [0.4, 0.5) is 0 Å². The normalized spacial score (nSPS) is 12.0. The Kier molecular flexibility index (Phi) is 10.1. The van der Waals surface area contributed by atoms with E-state index in [0.29, 0.717) is 0 Å². The zero-order chi connectivity index (χ0) is 44.6. The number of nitrogens with zero attached hydrogens (tertiary/aromatic N) is 2. The molecule has 9 aromatic rings. The van der Waals surface area contributed by atoms with Gasteiger partial charge in [-0.05, 0) is 68.3 Å². The Hall–Kier alpha value is -4.95. The van der Waals surface area contributed by atoms with Gasteiger partial charge in [0.05, 0.1) is 0 Å². The van der Waals surface area contributed by atoms with E-state index in [1.165, 1.54) is 159 Å². The highest BCUT2D eigenvalue weighted by molar-refractivity contribution is 6.72. The molecule has 2 aromatic heterocycles. The van der Waals surface area contributed by atoms with Crippen molar-refractivity contribution in [2.75, 3.05) is 0 Å². The minimum Gasteiger partial charge on any atom is -0.310 e. The van der Waals surface area contributed by atoms with Gasteiger partial charge in [-0.1, -0.05) is 141 Å². The second kappa shape index (κ2) is 14.8. The molecule has 0 aliphatic heterocycles. The molecule has 16 heteroatoms. The molecule has 2 heterocycles. The van der Waals surface area contributed by atoms with Gasteiger partial charge in [0.2, 0.25) is 0 Å². The number of fused-ring (bicyclic) bond motifs is 6. The van der Waals surface area contributed by atoms with Crippen LogP contribution in [0.2, 0.25) is 0 Å². The Labute approximate surface area is 381 Å². The number of benzene rings is 7. The first kappa shape index (κ1) is 42.4. The predicted molar refractivity (Wildman–Crippen MR) is 319 cm³/mol. The molecule has 0 aliphatic carbocycles. The Morgan fingerprint density at radius 3 is 0.984 bits per heavy atom. The highest BCUT2D eigenvalue weighted by atomic mass is 15.0. The maximum absolute atomic E-state index is 2.60. The number of rotatable bonds is 4. The van der Waals surface area contributed by atoms with Gasteiger partial charge < -0.3 is 9.13 Å².